The summed E-state index contributed by atoms with van der Waals surface area (Å²) in [5, 5.41) is 9.00. The molecule has 0 aromatic carbocycles. The minimum Gasteiger partial charge on any atom is -0.394 e. The zero-order valence-corrected chi connectivity index (χ0v) is 9.67. The topological polar surface area (TPSA) is 77.0 Å². The predicted molar refractivity (Wildman–Crippen MR) is 60.4 cm³/mol. The van der Waals surface area contributed by atoms with Crippen molar-refractivity contribution >= 4 is 0 Å². The number of aliphatic hydroxyl groups excluding tert-OH is 1. The number of rotatable bonds is 3. The van der Waals surface area contributed by atoms with E-state index in [0.717, 1.165) is 12.3 Å². The van der Waals surface area contributed by atoms with Crippen molar-refractivity contribution in [3.8, 4) is 5.69 Å². The molecule has 0 radical (unpaired) electrons. The van der Waals surface area contributed by atoms with Crippen molar-refractivity contribution in [3.05, 3.63) is 42.2 Å². The first-order chi connectivity index (χ1) is 8.93. The number of aromatic nitrogens is 3. The molecule has 3 N–H and O–H groups in total. The number of nitrogens with zero attached hydrogens (tertiary/aromatic N) is 3. The van der Waals surface area contributed by atoms with E-state index in [0.29, 0.717) is 11.4 Å². The maximum Gasteiger partial charge on any atom is 0.433 e. The van der Waals surface area contributed by atoms with Crippen molar-refractivity contribution in [1.82, 2.24) is 14.5 Å². The fourth-order valence-corrected chi connectivity index (χ4v) is 1.59. The number of halogens is 3. The van der Waals surface area contributed by atoms with Crippen LogP contribution in [-0.2, 0) is 6.18 Å². The van der Waals surface area contributed by atoms with Crippen LogP contribution in [0.1, 0.15) is 17.4 Å². The molecule has 0 aliphatic rings. The van der Waals surface area contributed by atoms with Crippen LogP contribution in [0.4, 0.5) is 13.2 Å². The second-order valence-corrected chi connectivity index (χ2v) is 3.88. The van der Waals surface area contributed by atoms with E-state index in [-0.39, 0.29) is 6.61 Å². The van der Waals surface area contributed by atoms with Crippen LogP contribution in [0.3, 0.4) is 0 Å². The van der Waals surface area contributed by atoms with Gasteiger partial charge in [0, 0.05) is 0 Å². The standard InChI is InChI=1S/C11H11F3N4O/c12-11(13,14)10-2-1-7(3-17-10)18-6-16-4-9(18)8(15)5-19/h1-4,6,8,19H,5,15H2. The second kappa shape index (κ2) is 4.98. The van der Waals surface area contributed by atoms with Crippen LogP contribution in [0.25, 0.3) is 5.69 Å². The van der Waals surface area contributed by atoms with Crippen LogP contribution < -0.4 is 5.73 Å². The number of imidazole rings is 1. The molecule has 0 amide bonds. The molecular weight excluding hydrogens is 261 g/mol. The lowest BCUT2D eigenvalue weighted by molar-refractivity contribution is -0.141. The van der Waals surface area contributed by atoms with Gasteiger partial charge in [0.1, 0.15) is 5.69 Å². The molecule has 8 heteroatoms. The Morgan fingerprint density at radius 3 is 2.58 bits per heavy atom. The van der Waals surface area contributed by atoms with Gasteiger partial charge in [-0.3, -0.25) is 0 Å². The summed E-state index contributed by atoms with van der Waals surface area (Å²) < 4.78 is 38.6. The molecule has 1 unspecified atom stereocenters. The van der Waals surface area contributed by atoms with Crippen LogP contribution >= 0.6 is 0 Å². The molecule has 0 fully saturated rings. The van der Waals surface area contributed by atoms with Crippen LogP contribution in [0.2, 0.25) is 0 Å². The fraction of sp³-hybridized carbons (Fsp3) is 0.273. The van der Waals surface area contributed by atoms with E-state index in [1.807, 2.05) is 0 Å². The van der Waals surface area contributed by atoms with Crippen LogP contribution in [-0.4, -0.2) is 26.2 Å². The zero-order valence-electron chi connectivity index (χ0n) is 9.67. The van der Waals surface area contributed by atoms with Gasteiger partial charge in [-0.1, -0.05) is 0 Å². The van der Waals surface area contributed by atoms with Crippen molar-refractivity contribution in [1.29, 1.82) is 0 Å². The highest BCUT2D eigenvalue weighted by Crippen LogP contribution is 2.27. The summed E-state index contributed by atoms with van der Waals surface area (Å²) in [5.74, 6) is 0. The number of pyridine rings is 1. The largest absolute Gasteiger partial charge is 0.433 e. The molecule has 19 heavy (non-hydrogen) atoms. The first kappa shape index (κ1) is 13.5. The summed E-state index contributed by atoms with van der Waals surface area (Å²) in [4.78, 5) is 7.22. The number of aliphatic hydroxyl groups is 1. The van der Waals surface area contributed by atoms with Gasteiger partial charge in [0.2, 0.25) is 0 Å². The Labute approximate surface area is 106 Å². The average molecular weight is 272 g/mol. The third kappa shape index (κ3) is 2.74. The van der Waals surface area contributed by atoms with E-state index in [1.165, 1.54) is 23.2 Å². The summed E-state index contributed by atoms with van der Waals surface area (Å²) in [6.45, 7) is -0.292. The number of hydrogen-bond acceptors (Lipinski definition) is 4. The van der Waals surface area contributed by atoms with Crippen LogP contribution in [0, 0.1) is 0 Å². The third-order valence-electron chi connectivity index (χ3n) is 2.56. The highest BCUT2D eigenvalue weighted by Gasteiger charge is 2.32. The molecule has 2 aromatic rings. The first-order valence-corrected chi connectivity index (χ1v) is 5.36. The summed E-state index contributed by atoms with van der Waals surface area (Å²) in [5.41, 5.74) is 5.58. The van der Waals surface area contributed by atoms with Gasteiger partial charge in [0.25, 0.3) is 0 Å². The molecule has 0 aliphatic heterocycles. The first-order valence-electron chi connectivity index (χ1n) is 5.36. The molecule has 2 heterocycles. The molecule has 0 saturated heterocycles. The maximum absolute atomic E-state index is 12.4. The minimum absolute atomic E-state index is 0.292. The molecule has 1 atom stereocenters. The molecule has 0 aliphatic carbocycles. The molecule has 0 spiro atoms. The van der Waals surface area contributed by atoms with Gasteiger partial charge in [0.05, 0.1) is 42.8 Å². The minimum atomic E-state index is -4.47. The Bertz CT molecular complexity index is 550. The smallest absolute Gasteiger partial charge is 0.394 e. The van der Waals surface area contributed by atoms with Crippen molar-refractivity contribution in [2.75, 3.05) is 6.61 Å². The van der Waals surface area contributed by atoms with Gasteiger partial charge < -0.3 is 15.4 Å². The Morgan fingerprint density at radius 2 is 2.05 bits per heavy atom. The average Bonchev–Trinajstić information content (AvgIpc) is 2.86. The van der Waals surface area contributed by atoms with E-state index in [9.17, 15) is 13.2 Å². The Morgan fingerprint density at radius 1 is 1.32 bits per heavy atom. The highest BCUT2D eigenvalue weighted by molar-refractivity contribution is 5.33. The molecule has 0 saturated carbocycles. The van der Waals surface area contributed by atoms with Crippen molar-refractivity contribution in [3.63, 3.8) is 0 Å². The summed E-state index contributed by atoms with van der Waals surface area (Å²) >= 11 is 0. The van der Waals surface area contributed by atoms with Gasteiger partial charge in [-0.15, -0.1) is 0 Å². The van der Waals surface area contributed by atoms with Crippen LogP contribution in [0.5, 0.6) is 0 Å². The summed E-state index contributed by atoms with van der Waals surface area (Å²) in [6.07, 6.45) is -0.552. The predicted octanol–water partition coefficient (Wildman–Crippen LogP) is 1.28. The van der Waals surface area contributed by atoms with Gasteiger partial charge in [-0.25, -0.2) is 9.97 Å². The second-order valence-electron chi connectivity index (χ2n) is 3.88. The SMILES string of the molecule is NC(CO)c1cncn1-c1ccc(C(F)(F)F)nc1. The fourth-order valence-electron chi connectivity index (χ4n) is 1.59. The number of nitrogens with two attached hydrogens (primary N) is 1. The van der Waals surface area contributed by atoms with E-state index in [4.69, 9.17) is 10.8 Å². The lowest BCUT2D eigenvalue weighted by atomic mass is 10.2. The van der Waals surface area contributed by atoms with Gasteiger partial charge >= 0.3 is 6.18 Å². The van der Waals surface area contributed by atoms with E-state index < -0.39 is 17.9 Å². The number of alkyl halides is 3. The lowest BCUT2D eigenvalue weighted by Gasteiger charge is -2.13. The Kier molecular flexibility index (Phi) is 3.54. The third-order valence-corrected chi connectivity index (χ3v) is 2.56. The summed E-state index contributed by atoms with van der Waals surface area (Å²) in [6, 6.07) is 1.49. The van der Waals surface area contributed by atoms with E-state index in [2.05, 4.69) is 9.97 Å². The van der Waals surface area contributed by atoms with Crippen molar-refractivity contribution in [2.24, 2.45) is 5.73 Å². The maximum atomic E-state index is 12.4. The zero-order chi connectivity index (χ0) is 14.0. The Hall–Kier alpha value is -1.93. The van der Waals surface area contributed by atoms with Crippen molar-refractivity contribution < 1.29 is 18.3 Å². The Balaban J connectivity index is 2.36. The normalized spacial score (nSPS) is 13.5. The van der Waals surface area contributed by atoms with Crippen molar-refractivity contribution in [2.45, 2.75) is 12.2 Å². The molecular formula is C11H11F3N4O. The van der Waals surface area contributed by atoms with Gasteiger partial charge in [-0.05, 0) is 12.1 Å². The van der Waals surface area contributed by atoms with Gasteiger partial charge in [0.15, 0.2) is 0 Å². The lowest BCUT2D eigenvalue weighted by Crippen LogP contribution is -2.18. The van der Waals surface area contributed by atoms with Gasteiger partial charge in [-0.2, -0.15) is 13.2 Å². The molecule has 0 bridgehead atoms. The molecule has 2 aromatic heterocycles. The molecule has 5 nitrogen and oxygen atoms in total. The molecule has 102 valence electrons. The van der Waals surface area contributed by atoms with E-state index >= 15 is 0 Å². The number of hydrogen-bond donors (Lipinski definition) is 2. The monoisotopic (exact) mass is 272 g/mol. The molecule has 2 rings (SSSR count). The summed E-state index contributed by atoms with van der Waals surface area (Å²) in [7, 11) is 0. The van der Waals surface area contributed by atoms with Crippen LogP contribution in [0.15, 0.2) is 30.9 Å². The highest BCUT2D eigenvalue weighted by atomic mass is 19.4. The quantitative estimate of drug-likeness (QED) is 0.882. The van der Waals surface area contributed by atoms with E-state index in [1.54, 1.807) is 0 Å².